The quantitative estimate of drug-likeness (QED) is 0.379. The summed E-state index contributed by atoms with van der Waals surface area (Å²) in [6, 6.07) is 2.22. The highest BCUT2D eigenvalue weighted by atomic mass is 16.5. The van der Waals surface area contributed by atoms with Gasteiger partial charge >= 0.3 is 11.8 Å². The van der Waals surface area contributed by atoms with Crippen LogP contribution in [0.3, 0.4) is 0 Å². The number of amides is 2. The van der Waals surface area contributed by atoms with Gasteiger partial charge in [0.15, 0.2) is 5.82 Å². The maximum absolute atomic E-state index is 12.6. The van der Waals surface area contributed by atoms with E-state index < -0.39 is 11.8 Å². The number of carbonyl (C=O) groups is 2. The van der Waals surface area contributed by atoms with Crippen molar-refractivity contribution < 1.29 is 19.1 Å². The van der Waals surface area contributed by atoms with E-state index in [9.17, 15) is 9.59 Å². The monoisotopic (exact) mass is 466 g/mol. The molecule has 2 unspecified atom stereocenters. The van der Waals surface area contributed by atoms with Crippen LogP contribution in [0.2, 0.25) is 0 Å². The second kappa shape index (κ2) is 8.06. The largest absolute Gasteiger partial charge is 0.383 e. The zero-order valence-electron chi connectivity index (χ0n) is 19.5. The molecular formula is C24H30N6O4. The molecule has 0 spiro atoms. The zero-order valence-corrected chi connectivity index (χ0v) is 19.5. The van der Waals surface area contributed by atoms with E-state index in [1.54, 1.807) is 6.20 Å². The van der Waals surface area contributed by atoms with Gasteiger partial charge in [-0.2, -0.15) is 5.10 Å². The summed E-state index contributed by atoms with van der Waals surface area (Å²) < 4.78 is 13.1. The number of pyridine rings is 1. The van der Waals surface area contributed by atoms with Crippen LogP contribution in [-0.4, -0.2) is 64.5 Å². The van der Waals surface area contributed by atoms with E-state index in [0.717, 1.165) is 41.2 Å². The molecule has 3 N–H and O–H groups in total. The van der Waals surface area contributed by atoms with Crippen molar-refractivity contribution in [1.82, 2.24) is 25.1 Å². The van der Waals surface area contributed by atoms with Gasteiger partial charge in [0.05, 0.1) is 29.2 Å². The topological polar surface area (TPSA) is 123 Å². The number of hydrogen-bond acceptors (Lipinski definition) is 6. The predicted molar refractivity (Wildman–Crippen MR) is 125 cm³/mol. The van der Waals surface area contributed by atoms with Crippen molar-refractivity contribution in [3.05, 3.63) is 18.5 Å². The standard InChI is InChI=1S/C24H30N6O4/c1-33-6-5-26-22(31)23(32)28-21-17-12-27-20-16(3-4-25-20)19(17)30(29-21)18-14-7-13-8-15(18)11-24(9-13,10-14)34-2/h3-4,12-15,18H,5-11H2,1-2H3,(H,25,27)(H,26,31)(H,28,29,32). The van der Waals surface area contributed by atoms with E-state index in [0.29, 0.717) is 30.2 Å². The first-order valence-electron chi connectivity index (χ1n) is 12.0. The summed E-state index contributed by atoms with van der Waals surface area (Å²) in [4.78, 5) is 32.6. The minimum atomic E-state index is -0.750. The number of nitrogens with one attached hydrogen (secondary N) is 3. The van der Waals surface area contributed by atoms with Gasteiger partial charge < -0.3 is 25.1 Å². The third-order valence-electron chi connectivity index (χ3n) is 8.16. The van der Waals surface area contributed by atoms with Crippen molar-refractivity contribution in [2.45, 2.75) is 43.7 Å². The highest BCUT2D eigenvalue weighted by molar-refractivity contribution is 6.40. The third-order valence-corrected chi connectivity index (χ3v) is 8.16. The van der Waals surface area contributed by atoms with Gasteiger partial charge in [-0.15, -0.1) is 0 Å². The van der Waals surface area contributed by atoms with Crippen LogP contribution in [0.1, 0.15) is 38.1 Å². The average molecular weight is 467 g/mol. The van der Waals surface area contributed by atoms with E-state index in [1.807, 2.05) is 19.4 Å². The Balaban J connectivity index is 1.39. The summed E-state index contributed by atoms with van der Waals surface area (Å²) in [5.41, 5.74) is 1.73. The highest BCUT2D eigenvalue weighted by Crippen LogP contribution is 2.61. The van der Waals surface area contributed by atoms with Gasteiger partial charge in [0.1, 0.15) is 5.65 Å². The van der Waals surface area contributed by atoms with Gasteiger partial charge in [-0.25, -0.2) is 4.98 Å². The molecule has 180 valence electrons. The maximum atomic E-state index is 12.6. The molecule has 0 saturated heterocycles. The summed E-state index contributed by atoms with van der Waals surface area (Å²) in [5.74, 6) is 0.550. The van der Waals surface area contributed by atoms with Crippen LogP contribution >= 0.6 is 0 Å². The molecule has 10 heteroatoms. The number of aromatic amines is 1. The number of methoxy groups -OCH3 is 2. The number of anilines is 1. The first-order chi connectivity index (χ1) is 16.5. The number of rotatable bonds is 6. The fourth-order valence-corrected chi connectivity index (χ4v) is 7.02. The fraction of sp³-hybridized carbons (Fsp3) is 0.583. The van der Waals surface area contributed by atoms with Gasteiger partial charge in [-0.1, -0.05) is 0 Å². The Morgan fingerprint density at radius 2 is 1.97 bits per heavy atom. The predicted octanol–water partition coefficient (Wildman–Crippen LogP) is 2.38. The molecule has 4 saturated carbocycles. The minimum Gasteiger partial charge on any atom is -0.383 e. The van der Waals surface area contributed by atoms with E-state index in [2.05, 4.69) is 25.3 Å². The molecule has 10 nitrogen and oxygen atoms in total. The Morgan fingerprint density at radius 1 is 1.18 bits per heavy atom. The van der Waals surface area contributed by atoms with E-state index >= 15 is 0 Å². The first-order valence-corrected chi connectivity index (χ1v) is 12.0. The molecule has 7 rings (SSSR count). The maximum Gasteiger partial charge on any atom is 0.314 e. The second-order valence-corrected chi connectivity index (χ2v) is 10.1. The smallest absolute Gasteiger partial charge is 0.314 e. The normalized spacial score (nSPS) is 29.7. The van der Waals surface area contributed by atoms with Crippen molar-refractivity contribution in [2.24, 2.45) is 17.8 Å². The van der Waals surface area contributed by atoms with Crippen LogP contribution in [0.15, 0.2) is 18.5 Å². The van der Waals surface area contributed by atoms with Crippen molar-refractivity contribution >= 4 is 39.6 Å². The Morgan fingerprint density at radius 3 is 2.71 bits per heavy atom. The molecule has 4 aliphatic rings. The number of H-pyrrole nitrogens is 1. The van der Waals surface area contributed by atoms with Crippen molar-refractivity contribution in [3.63, 3.8) is 0 Å². The Kier molecular flexibility index (Phi) is 5.11. The number of aromatic nitrogens is 4. The second-order valence-electron chi connectivity index (χ2n) is 10.1. The molecule has 4 bridgehead atoms. The van der Waals surface area contributed by atoms with Crippen LogP contribution < -0.4 is 10.6 Å². The number of ether oxygens (including phenoxy) is 2. The van der Waals surface area contributed by atoms with Crippen LogP contribution in [0, 0.1) is 17.8 Å². The fourth-order valence-electron chi connectivity index (χ4n) is 7.02. The molecule has 2 amide bonds. The lowest BCUT2D eigenvalue weighted by molar-refractivity contribution is -0.165. The van der Waals surface area contributed by atoms with Gasteiger partial charge in [-0.05, 0) is 55.9 Å². The lowest BCUT2D eigenvalue weighted by Gasteiger charge is -2.59. The third kappa shape index (κ3) is 3.31. The zero-order chi connectivity index (χ0) is 23.4. The van der Waals surface area contributed by atoms with Crippen LogP contribution in [0.4, 0.5) is 5.82 Å². The van der Waals surface area contributed by atoms with Crippen LogP contribution in [-0.2, 0) is 19.1 Å². The lowest BCUT2D eigenvalue weighted by atomic mass is 9.52. The molecule has 3 heterocycles. The summed E-state index contributed by atoms with van der Waals surface area (Å²) in [6.45, 7) is 0.595. The molecule has 0 aliphatic heterocycles. The minimum absolute atomic E-state index is 0.00173. The Hall–Kier alpha value is -2.98. The van der Waals surface area contributed by atoms with E-state index in [4.69, 9.17) is 14.6 Å². The van der Waals surface area contributed by atoms with Crippen molar-refractivity contribution in [1.29, 1.82) is 0 Å². The van der Waals surface area contributed by atoms with E-state index in [1.165, 1.54) is 20.0 Å². The number of fused-ring (bicyclic) bond motifs is 3. The van der Waals surface area contributed by atoms with E-state index in [-0.39, 0.29) is 18.2 Å². The van der Waals surface area contributed by atoms with Crippen LogP contribution in [0.5, 0.6) is 0 Å². The summed E-state index contributed by atoms with van der Waals surface area (Å²) in [6.07, 6.45) is 9.18. The number of nitrogens with zero attached hydrogens (tertiary/aromatic N) is 3. The SMILES string of the molecule is COCCNC(=O)C(=O)Nc1nn(C2C3CC4CC2CC(OC)(C4)C3)c2c1cnc1[nH]ccc12. The molecule has 2 atom stereocenters. The molecule has 34 heavy (non-hydrogen) atoms. The first kappa shape index (κ1) is 21.5. The average Bonchev–Trinajstić information content (AvgIpc) is 3.43. The van der Waals surface area contributed by atoms with Gasteiger partial charge in [0.2, 0.25) is 0 Å². The van der Waals surface area contributed by atoms with Crippen molar-refractivity contribution in [2.75, 3.05) is 32.7 Å². The van der Waals surface area contributed by atoms with Gasteiger partial charge in [0, 0.05) is 38.5 Å². The molecule has 4 aliphatic carbocycles. The molecule has 4 fully saturated rings. The Bertz CT molecular complexity index is 1250. The molecule has 0 radical (unpaired) electrons. The summed E-state index contributed by atoms with van der Waals surface area (Å²) in [5, 5.41) is 11.9. The molecule has 3 aromatic rings. The Labute approximate surface area is 196 Å². The summed E-state index contributed by atoms with van der Waals surface area (Å²) in [7, 11) is 3.39. The summed E-state index contributed by atoms with van der Waals surface area (Å²) >= 11 is 0. The van der Waals surface area contributed by atoms with Gasteiger partial charge in [-0.3, -0.25) is 14.3 Å². The number of carbonyl (C=O) groups excluding carboxylic acids is 2. The number of hydrogen-bond donors (Lipinski definition) is 3. The van der Waals surface area contributed by atoms with Crippen LogP contribution in [0.25, 0.3) is 21.9 Å². The molecule has 3 aromatic heterocycles. The van der Waals surface area contributed by atoms with Gasteiger partial charge in [0.25, 0.3) is 0 Å². The molecular weight excluding hydrogens is 436 g/mol. The molecule has 0 aromatic carbocycles. The highest BCUT2D eigenvalue weighted by Gasteiger charge is 2.56. The van der Waals surface area contributed by atoms with Crippen molar-refractivity contribution in [3.8, 4) is 0 Å². The lowest BCUT2D eigenvalue weighted by Crippen LogP contribution is -2.55.